The summed E-state index contributed by atoms with van der Waals surface area (Å²) in [4.78, 5) is 14.9. The van der Waals surface area contributed by atoms with Crippen LogP contribution >= 0.6 is 11.3 Å². The summed E-state index contributed by atoms with van der Waals surface area (Å²) in [5.41, 5.74) is 4.76. The zero-order valence-corrected chi connectivity index (χ0v) is 18.7. The van der Waals surface area contributed by atoms with Gasteiger partial charge in [-0.1, -0.05) is 30.3 Å². The van der Waals surface area contributed by atoms with Crippen molar-refractivity contribution < 1.29 is 17.9 Å². The Morgan fingerprint density at radius 1 is 1.03 bits per heavy atom. The van der Waals surface area contributed by atoms with Crippen molar-refractivity contribution in [3.8, 4) is 0 Å². The zero-order chi connectivity index (χ0) is 22.4. The molecule has 0 aliphatic carbocycles. The van der Waals surface area contributed by atoms with Crippen LogP contribution in [-0.2, 0) is 14.8 Å². The normalized spacial score (nSPS) is 14.4. The molecule has 0 radical (unpaired) electrons. The van der Waals surface area contributed by atoms with E-state index in [0.717, 1.165) is 48.9 Å². The van der Waals surface area contributed by atoms with Gasteiger partial charge >= 0.3 is 0 Å². The molecule has 0 bridgehead atoms. The van der Waals surface area contributed by atoms with Gasteiger partial charge in [0.05, 0.1) is 30.7 Å². The third-order valence-corrected chi connectivity index (χ3v) is 7.59. The number of sulfonamides is 1. The molecule has 1 fully saturated rings. The number of hydrogen-bond donors (Lipinski definition) is 2. The van der Waals surface area contributed by atoms with E-state index in [0.29, 0.717) is 0 Å². The molecule has 1 aliphatic heterocycles. The molecule has 1 aromatic heterocycles. The number of nitrogens with one attached hydrogen (secondary N) is 2. The fourth-order valence-electron chi connectivity index (χ4n) is 3.20. The average Bonchev–Trinajstić information content (AvgIpc) is 3.36. The van der Waals surface area contributed by atoms with Gasteiger partial charge in [-0.25, -0.2) is 13.8 Å². The molecule has 2 aromatic carbocycles. The van der Waals surface area contributed by atoms with Crippen LogP contribution in [0.15, 0.2) is 75.4 Å². The maximum absolute atomic E-state index is 12.6. The largest absolute Gasteiger partial charge is 0.378 e. The average molecular weight is 471 g/mol. The Morgan fingerprint density at radius 3 is 2.50 bits per heavy atom. The predicted octanol–water partition coefficient (Wildman–Crippen LogP) is 3.15. The number of para-hydroxylation sites is 1. The minimum absolute atomic E-state index is 0.172. The first-order valence-corrected chi connectivity index (χ1v) is 12.3. The van der Waals surface area contributed by atoms with Gasteiger partial charge in [-0.15, -0.1) is 11.3 Å². The molecule has 3 aromatic rings. The number of rotatable bonds is 7. The number of benzene rings is 2. The highest BCUT2D eigenvalue weighted by molar-refractivity contribution is 7.94. The highest BCUT2D eigenvalue weighted by Gasteiger charge is 2.19. The Kier molecular flexibility index (Phi) is 6.84. The van der Waals surface area contributed by atoms with E-state index in [2.05, 4.69) is 20.1 Å². The van der Waals surface area contributed by atoms with Crippen molar-refractivity contribution in [2.24, 2.45) is 5.10 Å². The summed E-state index contributed by atoms with van der Waals surface area (Å²) < 4.78 is 33.0. The van der Waals surface area contributed by atoms with Crippen LogP contribution in [0.3, 0.4) is 0 Å². The lowest BCUT2D eigenvalue weighted by atomic mass is 10.2. The summed E-state index contributed by atoms with van der Waals surface area (Å²) >= 11 is 1.10. The third-order valence-electron chi connectivity index (χ3n) is 4.82. The molecule has 2 N–H and O–H groups in total. The number of hydrogen-bond acceptors (Lipinski definition) is 7. The van der Waals surface area contributed by atoms with Gasteiger partial charge in [-0.3, -0.25) is 9.52 Å². The van der Waals surface area contributed by atoms with E-state index in [1.54, 1.807) is 29.8 Å². The maximum atomic E-state index is 12.6. The van der Waals surface area contributed by atoms with Gasteiger partial charge in [0.25, 0.3) is 15.9 Å². The van der Waals surface area contributed by atoms with Crippen LogP contribution in [0.1, 0.15) is 15.9 Å². The van der Waals surface area contributed by atoms with Crippen LogP contribution < -0.4 is 15.0 Å². The number of morpholine rings is 1. The van der Waals surface area contributed by atoms with Gasteiger partial charge in [0.15, 0.2) is 0 Å². The van der Waals surface area contributed by atoms with Gasteiger partial charge in [0, 0.05) is 18.8 Å². The van der Waals surface area contributed by atoms with E-state index in [-0.39, 0.29) is 15.5 Å². The predicted molar refractivity (Wildman–Crippen MR) is 126 cm³/mol. The number of amides is 1. The van der Waals surface area contributed by atoms with E-state index in [1.807, 2.05) is 24.3 Å². The number of hydrazone groups is 1. The summed E-state index contributed by atoms with van der Waals surface area (Å²) in [5.74, 6) is -0.518. The van der Waals surface area contributed by atoms with Gasteiger partial charge < -0.3 is 9.64 Å². The smallest absolute Gasteiger partial charge is 0.273 e. The second-order valence-corrected chi connectivity index (χ2v) is 9.83. The van der Waals surface area contributed by atoms with Gasteiger partial charge in [0.1, 0.15) is 4.21 Å². The van der Waals surface area contributed by atoms with E-state index >= 15 is 0 Å². The molecule has 1 aliphatic rings. The van der Waals surface area contributed by atoms with Gasteiger partial charge in [-0.05, 0) is 41.3 Å². The topological polar surface area (TPSA) is 100 Å². The van der Waals surface area contributed by atoms with Crippen LogP contribution in [0, 0.1) is 0 Å². The molecule has 166 valence electrons. The monoisotopic (exact) mass is 470 g/mol. The summed E-state index contributed by atoms with van der Waals surface area (Å²) in [6, 6.07) is 17.4. The number of thiophene rings is 1. The number of carbonyl (C=O) groups is 1. The number of nitrogens with zero attached hydrogens (tertiary/aromatic N) is 2. The third kappa shape index (κ3) is 5.34. The van der Waals surface area contributed by atoms with Crippen LogP contribution in [0.4, 0.5) is 11.4 Å². The molecule has 8 nitrogen and oxygen atoms in total. The Bertz CT molecular complexity index is 1190. The quantitative estimate of drug-likeness (QED) is 0.408. The molecular formula is C22H22N4O4S2. The van der Waals surface area contributed by atoms with Crippen molar-refractivity contribution >= 4 is 44.9 Å². The van der Waals surface area contributed by atoms with Crippen LogP contribution in [0.5, 0.6) is 0 Å². The highest BCUT2D eigenvalue weighted by atomic mass is 32.2. The standard InChI is InChI=1S/C22H22N4O4S2/c27-22(19-4-1-2-5-20(19)25-32(28,29)21-6-3-15-31-21)24-23-16-17-7-9-18(10-8-17)26-11-13-30-14-12-26/h1-10,15-16,25H,11-14H2,(H,24,27)/b23-16-. The Labute approximate surface area is 190 Å². The fourth-order valence-corrected chi connectivity index (χ4v) is 5.27. The first-order valence-electron chi connectivity index (χ1n) is 9.94. The molecule has 32 heavy (non-hydrogen) atoms. The lowest BCUT2D eigenvalue weighted by molar-refractivity contribution is 0.0956. The lowest BCUT2D eigenvalue weighted by Crippen LogP contribution is -2.36. The lowest BCUT2D eigenvalue weighted by Gasteiger charge is -2.28. The second kappa shape index (κ2) is 9.94. The molecule has 0 spiro atoms. The molecule has 10 heteroatoms. The molecule has 1 amide bonds. The summed E-state index contributed by atoms with van der Waals surface area (Å²) in [7, 11) is -3.76. The van der Waals surface area contributed by atoms with Crippen molar-refractivity contribution in [1.82, 2.24) is 5.43 Å². The molecule has 4 rings (SSSR count). The van der Waals surface area contributed by atoms with Gasteiger partial charge in [-0.2, -0.15) is 5.10 Å². The summed E-state index contributed by atoms with van der Waals surface area (Å²) in [6.07, 6.45) is 1.54. The van der Waals surface area contributed by atoms with Crippen LogP contribution in [-0.4, -0.2) is 46.8 Å². The Hall–Kier alpha value is -3.21. The van der Waals surface area contributed by atoms with E-state index in [1.165, 1.54) is 18.2 Å². The van der Waals surface area contributed by atoms with E-state index in [9.17, 15) is 13.2 Å². The van der Waals surface area contributed by atoms with Crippen molar-refractivity contribution in [2.45, 2.75) is 4.21 Å². The Morgan fingerprint density at radius 2 is 1.78 bits per heavy atom. The van der Waals surface area contributed by atoms with Gasteiger partial charge in [0.2, 0.25) is 0 Å². The first kappa shape index (κ1) is 22.0. The molecule has 2 heterocycles. The second-order valence-electron chi connectivity index (χ2n) is 6.97. The fraction of sp³-hybridized carbons (Fsp3) is 0.182. The number of ether oxygens (including phenoxy) is 1. The first-order chi connectivity index (χ1) is 15.5. The van der Waals surface area contributed by atoms with Crippen LogP contribution in [0.2, 0.25) is 0 Å². The summed E-state index contributed by atoms with van der Waals surface area (Å²) in [6.45, 7) is 3.17. The Balaban J connectivity index is 1.40. The maximum Gasteiger partial charge on any atom is 0.273 e. The zero-order valence-electron chi connectivity index (χ0n) is 17.1. The minimum atomic E-state index is -3.76. The molecular weight excluding hydrogens is 448 g/mol. The van der Waals surface area contributed by atoms with Crippen LogP contribution in [0.25, 0.3) is 0 Å². The van der Waals surface area contributed by atoms with E-state index in [4.69, 9.17) is 4.74 Å². The SMILES string of the molecule is O=C(N/N=C\c1ccc(N2CCOCC2)cc1)c1ccccc1NS(=O)(=O)c1cccs1. The number of carbonyl (C=O) groups excluding carboxylic acids is 1. The molecule has 0 unspecified atom stereocenters. The van der Waals surface area contributed by atoms with E-state index < -0.39 is 15.9 Å². The molecule has 0 atom stereocenters. The van der Waals surface area contributed by atoms with Crippen molar-refractivity contribution in [2.75, 3.05) is 35.9 Å². The minimum Gasteiger partial charge on any atom is -0.378 e. The van der Waals surface area contributed by atoms with Crippen molar-refractivity contribution in [3.63, 3.8) is 0 Å². The number of anilines is 2. The molecule has 1 saturated heterocycles. The van der Waals surface area contributed by atoms with Crippen molar-refractivity contribution in [1.29, 1.82) is 0 Å². The molecule has 0 saturated carbocycles. The van der Waals surface area contributed by atoms with Crippen molar-refractivity contribution in [3.05, 3.63) is 77.2 Å². The summed E-state index contributed by atoms with van der Waals surface area (Å²) in [5, 5.41) is 5.69. The highest BCUT2D eigenvalue weighted by Crippen LogP contribution is 2.23.